The van der Waals surface area contributed by atoms with E-state index in [-0.39, 0.29) is 10.8 Å². The monoisotopic (exact) mass is 339 g/mol. The maximum atomic E-state index is 12.6. The maximum absolute atomic E-state index is 12.6. The minimum absolute atomic E-state index is 0.000677. The van der Waals surface area contributed by atoms with Crippen molar-refractivity contribution in [2.24, 2.45) is 7.05 Å². The van der Waals surface area contributed by atoms with E-state index in [0.29, 0.717) is 16.7 Å². The van der Waals surface area contributed by atoms with Crippen LogP contribution in [0, 0.1) is 6.92 Å². The average Bonchev–Trinajstić information content (AvgIpc) is 2.71. The highest BCUT2D eigenvalue weighted by atomic mass is 32.2. The number of aryl methyl sites for hydroxylation is 2. The molecule has 9 heteroatoms. The van der Waals surface area contributed by atoms with Gasteiger partial charge in [-0.25, -0.2) is 13.4 Å². The Morgan fingerprint density at radius 1 is 1.35 bits per heavy atom. The summed E-state index contributed by atoms with van der Waals surface area (Å²) in [6.07, 6.45) is 1.27. The van der Waals surface area contributed by atoms with Crippen LogP contribution < -0.4 is 4.72 Å². The van der Waals surface area contributed by atoms with Crippen molar-refractivity contribution in [2.75, 3.05) is 14.1 Å². The first kappa shape index (κ1) is 17.4. The fourth-order valence-electron chi connectivity index (χ4n) is 2.43. The van der Waals surface area contributed by atoms with Crippen LogP contribution in [0.25, 0.3) is 11.0 Å². The minimum atomic E-state index is -3.89. The van der Waals surface area contributed by atoms with E-state index >= 15 is 0 Å². The van der Waals surface area contributed by atoms with E-state index in [4.69, 9.17) is 0 Å². The topological polar surface area (TPSA) is 97.2 Å². The predicted octanol–water partition coefficient (Wildman–Crippen LogP) is 0.422. The van der Waals surface area contributed by atoms with Gasteiger partial charge in [-0.3, -0.25) is 9.48 Å². The molecule has 0 unspecified atom stereocenters. The molecular formula is C14H21N5O3S. The van der Waals surface area contributed by atoms with Gasteiger partial charge in [0.25, 0.3) is 0 Å². The molecule has 2 aromatic rings. The quantitative estimate of drug-likeness (QED) is 0.871. The molecule has 1 amide bonds. The van der Waals surface area contributed by atoms with Crippen molar-refractivity contribution in [1.29, 1.82) is 0 Å². The SMILES string of the molecule is Cc1nn(C)c2ncc(S(=O)(=O)NC(C)(C)C(=O)N(C)C)cc12. The molecule has 0 radical (unpaired) electrons. The van der Waals surface area contributed by atoms with Gasteiger partial charge in [0.05, 0.1) is 5.69 Å². The van der Waals surface area contributed by atoms with E-state index in [0.717, 1.165) is 0 Å². The second-order valence-corrected chi connectivity index (χ2v) is 7.86. The first-order valence-electron chi connectivity index (χ1n) is 7.01. The lowest BCUT2D eigenvalue weighted by molar-refractivity contribution is -0.133. The lowest BCUT2D eigenvalue weighted by Crippen LogP contribution is -2.54. The average molecular weight is 339 g/mol. The molecule has 0 spiro atoms. The number of hydrogen-bond acceptors (Lipinski definition) is 5. The molecular weight excluding hydrogens is 318 g/mol. The van der Waals surface area contributed by atoms with Crippen LogP contribution in [0.15, 0.2) is 17.2 Å². The van der Waals surface area contributed by atoms with E-state index in [2.05, 4.69) is 14.8 Å². The maximum Gasteiger partial charge on any atom is 0.243 e. The molecule has 0 saturated heterocycles. The van der Waals surface area contributed by atoms with Gasteiger partial charge in [-0.1, -0.05) is 0 Å². The lowest BCUT2D eigenvalue weighted by Gasteiger charge is -2.27. The molecule has 126 valence electrons. The fourth-order valence-corrected chi connectivity index (χ4v) is 3.77. The molecule has 0 bridgehead atoms. The molecule has 2 heterocycles. The summed E-state index contributed by atoms with van der Waals surface area (Å²) in [4.78, 5) is 17.6. The van der Waals surface area contributed by atoms with Gasteiger partial charge in [0, 0.05) is 32.7 Å². The van der Waals surface area contributed by atoms with Crippen LogP contribution in [-0.4, -0.2) is 53.6 Å². The number of fused-ring (bicyclic) bond motifs is 1. The van der Waals surface area contributed by atoms with Gasteiger partial charge in [0.2, 0.25) is 15.9 Å². The van der Waals surface area contributed by atoms with Gasteiger partial charge in [0.15, 0.2) is 5.65 Å². The highest BCUT2D eigenvalue weighted by Gasteiger charge is 2.34. The summed E-state index contributed by atoms with van der Waals surface area (Å²) in [5, 5.41) is 4.88. The van der Waals surface area contributed by atoms with Crippen LogP contribution in [0.5, 0.6) is 0 Å². The van der Waals surface area contributed by atoms with Crippen molar-refractivity contribution in [3.05, 3.63) is 18.0 Å². The predicted molar refractivity (Wildman–Crippen MR) is 86.3 cm³/mol. The molecule has 0 aliphatic carbocycles. The second kappa shape index (κ2) is 5.57. The van der Waals surface area contributed by atoms with Crippen LogP contribution in [0.3, 0.4) is 0 Å². The summed E-state index contributed by atoms with van der Waals surface area (Å²) in [5.74, 6) is -0.340. The largest absolute Gasteiger partial charge is 0.347 e. The fraction of sp³-hybridized carbons (Fsp3) is 0.500. The van der Waals surface area contributed by atoms with Crippen molar-refractivity contribution in [3.63, 3.8) is 0 Å². The number of sulfonamides is 1. The first-order chi connectivity index (χ1) is 10.5. The number of likely N-dealkylation sites (N-methyl/N-ethyl adjacent to an activating group) is 1. The number of hydrogen-bond donors (Lipinski definition) is 1. The van der Waals surface area contributed by atoms with Gasteiger partial charge in [-0.15, -0.1) is 0 Å². The molecule has 23 heavy (non-hydrogen) atoms. The molecule has 2 rings (SSSR count). The highest BCUT2D eigenvalue weighted by molar-refractivity contribution is 7.89. The third-order valence-electron chi connectivity index (χ3n) is 3.48. The summed E-state index contributed by atoms with van der Waals surface area (Å²) >= 11 is 0. The first-order valence-corrected chi connectivity index (χ1v) is 8.49. The number of carbonyl (C=O) groups excluding carboxylic acids is 1. The molecule has 0 aliphatic heterocycles. The normalized spacial score (nSPS) is 12.6. The number of pyridine rings is 1. The summed E-state index contributed by atoms with van der Waals surface area (Å²) in [6.45, 7) is 4.83. The summed E-state index contributed by atoms with van der Waals surface area (Å²) in [7, 11) is 1.000. The van der Waals surface area contributed by atoms with Crippen LogP contribution in [0.2, 0.25) is 0 Å². The van der Waals surface area contributed by atoms with Crippen LogP contribution in [-0.2, 0) is 21.9 Å². The number of carbonyl (C=O) groups is 1. The number of rotatable bonds is 4. The molecule has 1 N–H and O–H groups in total. The molecule has 0 aliphatic rings. The number of aromatic nitrogens is 3. The van der Waals surface area contributed by atoms with E-state index < -0.39 is 15.6 Å². The second-order valence-electron chi connectivity index (χ2n) is 6.18. The lowest BCUT2D eigenvalue weighted by atomic mass is 10.1. The Morgan fingerprint density at radius 3 is 2.52 bits per heavy atom. The number of nitrogens with zero attached hydrogens (tertiary/aromatic N) is 4. The van der Waals surface area contributed by atoms with Crippen molar-refractivity contribution < 1.29 is 13.2 Å². The molecule has 8 nitrogen and oxygen atoms in total. The highest BCUT2D eigenvalue weighted by Crippen LogP contribution is 2.20. The molecule has 2 aromatic heterocycles. The number of nitrogens with one attached hydrogen (secondary N) is 1. The molecule has 0 atom stereocenters. The summed E-state index contributed by atoms with van der Waals surface area (Å²) in [5.41, 5.74) is 0.0297. The standard InChI is InChI=1S/C14H21N5O3S/c1-9-11-7-10(8-15-12(11)19(6)16-9)23(21,22)17-14(2,3)13(20)18(4)5/h7-8,17H,1-6H3. The molecule has 0 fully saturated rings. The van der Waals surface area contributed by atoms with Crippen LogP contribution in [0.1, 0.15) is 19.5 Å². The molecule has 0 saturated carbocycles. The third-order valence-corrected chi connectivity index (χ3v) is 5.10. The van der Waals surface area contributed by atoms with Crippen molar-refractivity contribution in [3.8, 4) is 0 Å². The Morgan fingerprint density at radius 2 is 1.96 bits per heavy atom. The number of amides is 1. The van der Waals surface area contributed by atoms with Gasteiger partial charge in [0.1, 0.15) is 10.4 Å². The zero-order valence-corrected chi connectivity index (χ0v) is 14.9. The minimum Gasteiger partial charge on any atom is -0.347 e. The van der Waals surface area contributed by atoms with Gasteiger partial charge < -0.3 is 4.90 Å². The Balaban J connectivity index is 2.44. The summed E-state index contributed by atoms with van der Waals surface area (Å²) in [6, 6.07) is 1.52. The van der Waals surface area contributed by atoms with Gasteiger partial charge >= 0.3 is 0 Å². The van der Waals surface area contributed by atoms with Crippen molar-refractivity contribution in [2.45, 2.75) is 31.2 Å². The smallest absolute Gasteiger partial charge is 0.243 e. The molecule has 0 aromatic carbocycles. The van der Waals surface area contributed by atoms with E-state index in [1.165, 1.54) is 31.0 Å². The Bertz CT molecular complexity index is 868. The van der Waals surface area contributed by atoms with E-state index in [1.807, 2.05) is 0 Å². The van der Waals surface area contributed by atoms with Crippen LogP contribution in [0.4, 0.5) is 0 Å². The van der Waals surface area contributed by atoms with E-state index in [9.17, 15) is 13.2 Å². The third kappa shape index (κ3) is 3.20. The zero-order valence-electron chi connectivity index (χ0n) is 14.1. The van der Waals surface area contributed by atoms with Crippen LogP contribution >= 0.6 is 0 Å². The van der Waals surface area contributed by atoms with Crippen molar-refractivity contribution >= 4 is 27.0 Å². The Labute approximate surface area is 135 Å². The van der Waals surface area contributed by atoms with Gasteiger partial charge in [-0.05, 0) is 26.8 Å². The zero-order chi connectivity index (χ0) is 17.6. The van der Waals surface area contributed by atoms with Gasteiger partial charge in [-0.2, -0.15) is 9.82 Å². The van der Waals surface area contributed by atoms with E-state index in [1.54, 1.807) is 32.7 Å². The Hall–Kier alpha value is -2.00. The van der Waals surface area contributed by atoms with Crippen molar-refractivity contribution in [1.82, 2.24) is 24.4 Å². The Kier molecular flexibility index (Phi) is 4.20. The summed E-state index contributed by atoms with van der Waals surface area (Å²) < 4.78 is 29.2.